The van der Waals surface area contributed by atoms with Crippen LogP contribution in [0.4, 0.5) is 10.6 Å². The van der Waals surface area contributed by atoms with Crippen LogP contribution in [0.25, 0.3) is 11.2 Å². The third-order valence-electron chi connectivity index (χ3n) is 8.84. The fraction of sp³-hybridized carbons (Fsp3) is 0.774. The average Bonchev–Trinajstić information content (AvgIpc) is 3.78. The number of rotatable bonds is 14. The maximum atomic E-state index is 12.4. The van der Waals surface area contributed by atoms with Crippen molar-refractivity contribution in [2.24, 2.45) is 5.41 Å². The summed E-state index contributed by atoms with van der Waals surface area (Å²) in [4.78, 5) is 39.2. The first kappa shape index (κ1) is 40.0. The van der Waals surface area contributed by atoms with Gasteiger partial charge in [-0.3, -0.25) is 13.5 Å². The Balaban J connectivity index is 0.000000727. The Kier molecular flexibility index (Phi) is 13.7. The summed E-state index contributed by atoms with van der Waals surface area (Å²) in [6, 6.07) is 0.0204. The van der Waals surface area contributed by atoms with Crippen molar-refractivity contribution in [1.82, 2.24) is 39.8 Å². The Hall–Kier alpha value is -2.81. The van der Waals surface area contributed by atoms with Gasteiger partial charge in [0.15, 0.2) is 17.7 Å². The van der Waals surface area contributed by atoms with E-state index in [4.69, 9.17) is 14.7 Å². The monoisotopic (exact) mass is 743 g/mol. The number of aromatic nitrogens is 4. The van der Waals surface area contributed by atoms with E-state index < -0.39 is 47.4 Å². The molecule has 3 amide bonds. The van der Waals surface area contributed by atoms with Gasteiger partial charge in [0.2, 0.25) is 5.91 Å². The van der Waals surface area contributed by atoms with Gasteiger partial charge in [0.05, 0.1) is 25.0 Å². The number of carbonyl (C=O) groups is 2. The number of imidazole rings is 1. The van der Waals surface area contributed by atoms with Crippen LogP contribution in [-0.4, -0.2) is 123 Å². The standard InChI is InChI=1S/C25H38N8O8S2.C6H15N/c1-25(2,3)8-15-29-21(26)18-22(30-15)33(11-27-18)23-20(36)19(35)13(41-23)9-40-43(38,39)32-16(34)7-5-4-6-14-17-12(10-42-14)28-24(37)31-17;1-4-7(5-2)6-3/h11-14,17,19-20,23,35-36H,4-10H2,1-3H3,(H,32,34)(H2,26,29,30)(H2,28,31,37);4-6H2,1-3H3/t12?,13?,14?,17?,19-,20-,23-;/m1./s1. The van der Waals surface area contributed by atoms with Crippen LogP contribution in [0.1, 0.15) is 79.3 Å². The maximum Gasteiger partial charge on any atom is 0.362 e. The molecule has 3 aliphatic heterocycles. The maximum absolute atomic E-state index is 12.4. The lowest BCUT2D eigenvalue weighted by Crippen LogP contribution is -2.38. The number of ether oxygens (including phenoxy) is 1. The van der Waals surface area contributed by atoms with Gasteiger partial charge < -0.3 is 36.2 Å². The fourth-order valence-corrected chi connectivity index (χ4v) is 8.44. The Morgan fingerprint density at radius 1 is 1.16 bits per heavy atom. The lowest BCUT2D eigenvalue weighted by Gasteiger charge is -2.19. The Labute approximate surface area is 298 Å². The number of aliphatic hydroxyl groups excluding tert-OH is 2. The molecule has 0 aliphatic carbocycles. The first-order chi connectivity index (χ1) is 23.6. The molecule has 2 aromatic heterocycles. The Morgan fingerprint density at radius 2 is 1.86 bits per heavy atom. The highest BCUT2D eigenvalue weighted by Gasteiger charge is 2.45. The van der Waals surface area contributed by atoms with E-state index in [2.05, 4.69) is 51.3 Å². The van der Waals surface area contributed by atoms with E-state index in [0.717, 1.165) is 12.2 Å². The van der Waals surface area contributed by atoms with Crippen LogP contribution in [0, 0.1) is 5.41 Å². The largest absolute Gasteiger partial charge is 0.387 e. The molecule has 50 heavy (non-hydrogen) atoms. The SMILES string of the molecule is CC(C)(C)Cc1nc(N)c2ncn([C@@H]3OC(COS(=O)(=O)NC(=O)CCCCC4SCC5NC(=O)NC54)[C@@H](O)[C@H]3O)c2n1.CCN(CC)CC. The predicted octanol–water partition coefficient (Wildman–Crippen LogP) is 1.07. The summed E-state index contributed by atoms with van der Waals surface area (Å²) in [5.74, 6) is 0.733. The number of anilines is 1. The minimum atomic E-state index is -4.50. The van der Waals surface area contributed by atoms with Crippen LogP contribution in [0.3, 0.4) is 0 Å². The highest BCUT2D eigenvalue weighted by Crippen LogP contribution is 2.34. The quantitative estimate of drug-likeness (QED) is 0.117. The third kappa shape index (κ3) is 10.4. The molecule has 3 saturated heterocycles. The van der Waals surface area contributed by atoms with Crippen LogP contribution in [0.15, 0.2) is 6.33 Å². The average molecular weight is 744 g/mol. The molecule has 19 heteroatoms. The summed E-state index contributed by atoms with van der Waals surface area (Å²) >= 11 is 1.77. The second kappa shape index (κ2) is 17.1. The van der Waals surface area contributed by atoms with Crippen LogP contribution < -0.4 is 21.1 Å². The highest BCUT2D eigenvalue weighted by molar-refractivity contribution is 8.00. The highest BCUT2D eigenvalue weighted by atomic mass is 32.2. The minimum Gasteiger partial charge on any atom is -0.387 e. The second-order valence-corrected chi connectivity index (χ2v) is 16.5. The number of nitrogens with two attached hydrogens (primary N) is 1. The van der Waals surface area contributed by atoms with E-state index in [1.807, 2.05) is 25.5 Å². The van der Waals surface area contributed by atoms with E-state index in [0.29, 0.717) is 36.3 Å². The number of amides is 3. The van der Waals surface area contributed by atoms with Gasteiger partial charge in [0.1, 0.15) is 29.7 Å². The summed E-state index contributed by atoms with van der Waals surface area (Å²) in [7, 11) is -4.50. The summed E-state index contributed by atoms with van der Waals surface area (Å²) in [6.45, 7) is 15.5. The van der Waals surface area contributed by atoms with E-state index in [9.17, 15) is 28.2 Å². The van der Waals surface area contributed by atoms with Crippen molar-refractivity contribution < 1.29 is 37.1 Å². The molecule has 0 radical (unpaired) electrons. The normalized spacial score (nSPS) is 26.4. The summed E-state index contributed by atoms with van der Waals surface area (Å²) in [6.07, 6.45) is -1.61. The fourth-order valence-electron chi connectivity index (χ4n) is 6.14. The smallest absolute Gasteiger partial charge is 0.362 e. The lowest BCUT2D eigenvalue weighted by molar-refractivity contribution is -0.119. The molecule has 5 heterocycles. The first-order valence-corrected chi connectivity index (χ1v) is 19.6. The number of carbonyl (C=O) groups excluding carboxylic acids is 2. The molecule has 0 aromatic carbocycles. The molecule has 7 atom stereocenters. The predicted molar refractivity (Wildman–Crippen MR) is 189 cm³/mol. The van der Waals surface area contributed by atoms with E-state index in [1.54, 1.807) is 11.8 Å². The molecule has 0 spiro atoms. The van der Waals surface area contributed by atoms with E-state index in [-0.39, 0.29) is 41.0 Å². The van der Waals surface area contributed by atoms with Gasteiger partial charge in [-0.1, -0.05) is 48.0 Å². The van der Waals surface area contributed by atoms with E-state index >= 15 is 0 Å². The molecule has 4 unspecified atom stereocenters. The molecule has 7 N–H and O–H groups in total. The van der Waals surface area contributed by atoms with Crippen LogP contribution >= 0.6 is 11.8 Å². The molecule has 2 aromatic rings. The number of hydrogen-bond acceptors (Lipinski definition) is 14. The molecular weight excluding hydrogens is 691 g/mol. The number of nitrogens with zero attached hydrogens (tertiary/aromatic N) is 5. The summed E-state index contributed by atoms with van der Waals surface area (Å²) in [5, 5.41) is 27.3. The molecule has 3 fully saturated rings. The number of aliphatic hydroxyl groups is 2. The number of fused-ring (bicyclic) bond motifs is 2. The van der Waals surface area contributed by atoms with Crippen molar-refractivity contribution >= 4 is 51.0 Å². The molecule has 17 nitrogen and oxygen atoms in total. The topological polar surface area (TPSA) is 236 Å². The van der Waals surface area contributed by atoms with Crippen LogP contribution in [0.5, 0.6) is 0 Å². The van der Waals surface area contributed by atoms with Crippen molar-refractivity contribution in [3.63, 3.8) is 0 Å². The lowest BCUT2D eigenvalue weighted by atomic mass is 9.92. The van der Waals surface area contributed by atoms with Gasteiger partial charge in [0, 0.05) is 23.8 Å². The molecule has 282 valence electrons. The van der Waals surface area contributed by atoms with Crippen molar-refractivity contribution in [2.45, 2.75) is 116 Å². The van der Waals surface area contributed by atoms with Gasteiger partial charge in [-0.15, -0.1) is 0 Å². The Bertz CT molecular complexity index is 1560. The number of nitrogens with one attached hydrogen (secondary N) is 3. The van der Waals surface area contributed by atoms with Gasteiger partial charge in [-0.25, -0.2) is 24.5 Å². The van der Waals surface area contributed by atoms with Crippen molar-refractivity contribution in [3.05, 3.63) is 12.2 Å². The van der Waals surface area contributed by atoms with Gasteiger partial charge in [-0.05, 0) is 37.9 Å². The van der Waals surface area contributed by atoms with Crippen LogP contribution in [0.2, 0.25) is 0 Å². The number of unbranched alkanes of at least 4 members (excludes halogenated alkanes) is 1. The molecule has 5 rings (SSSR count). The van der Waals surface area contributed by atoms with Gasteiger partial charge in [-0.2, -0.15) is 20.2 Å². The minimum absolute atomic E-state index is 0.0298. The number of thioether (sulfide) groups is 1. The van der Waals surface area contributed by atoms with Gasteiger partial charge >= 0.3 is 16.3 Å². The first-order valence-electron chi connectivity index (χ1n) is 17.2. The zero-order chi connectivity index (χ0) is 36.8. The van der Waals surface area contributed by atoms with Crippen molar-refractivity contribution in [1.29, 1.82) is 0 Å². The van der Waals surface area contributed by atoms with E-state index in [1.165, 1.54) is 30.5 Å². The molecule has 3 aliphatic rings. The zero-order valence-corrected chi connectivity index (χ0v) is 31.3. The number of nitrogen functional groups attached to an aromatic ring is 1. The van der Waals surface area contributed by atoms with Crippen LogP contribution in [-0.2, 0) is 30.4 Å². The third-order valence-corrected chi connectivity index (χ3v) is 11.3. The second-order valence-electron chi connectivity index (χ2n) is 13.9. The molecule has 0 bridgehead atoms. The van der Waals surface area contributed by atoms with Crippen molar-refractivity contribution in [3.8, 4) is 0 Å². The van der Waals surface area contributed by atoms with Gasteiger partial charge in [0.25, 0.3) is 0 Å². The summed E-state index contributed by atoms with van der Waals surface area (Å²) < 4.78 is 38.8. The number of urea groups is 1. The molecule has 0 saturated carbocycles. The molecular formula is C31H53N9O8S2. The van der Waals surface area contributed by atoms with Crippen molar-refractivity contribution in [2.75, 3.05) is 37.7 Å². The number of hydrogen-bond donors (Lipinski definition) is 6. The zero-order valence-electron chi connectivity index (χ0n) is 29.7. The summed E-state index contributed by atoms with van der Waals surface area (Å²) in [5.41, 5.74) is 6.54. The Morgan fingerprint density at radius 3 is 2.50 bits per heavy atom.